The van der Waals surface area contributed by atoms with Gasteiger partial charge in [0.2, 0.25) is 0 Å². The van der Waals surface area contributed by atoms with Crippen molar-refractivity contribution in [2.75, 3.05) is 14.2 Å². The maximum absolute atomic E-state index is 12.3. The van der Waals surface area contributed by atoms with Crippen LogP contribution in [0.3, 0.4) is 0 Å². The second-order valence-corrected chi connectivity index (χ2v) is 5.46. The van der Waals surface area contributed by atoms with Gasteiger partial charge in [0.15, 0.2) is 11.5 Å². The van der Waals surface area contributed by atoms with Crippen LogP contribution in [0, 0.1) is 0 Å². The molecule has 0 radical (unpaired) electrons. The van der Waals surface area contributed by atoms with Gasteiger partial charge in [0.1, 0.15) is 0 Å². The summed E-state index contributed by atoms with van der Waals surface area (Å²) in [6, 6.07) is 11.5. The minimum Gasteiger partial charge on any atom is -0.493 e. The van der Waals surface area contributed by atoms with Crippen molar-refractivity contribution >= 4 is 5.91 Å². The van der Waals surface area contributed by atoms with Gasteiger partial charge in [-0.25, -0.2) is 0 Å². The number of methoxy groups -OCH3 is 2. The third-order valence-corrected chi connectivity index (χ3v) is 4.00. The highest BCUT2D eigenvalue weighted by atomic mass is 16.5. The van der Waals surface area contributed by atoms with Gasteiger partial charge in [-0.1, -0.05) is 18.2 Å². The Kier molecular flexibility index (Phi) is 4.48. The van der Waals surface area contributed by atoms with Crippen LogP contribution < -0.4 is 20.1 Å². The number of amides is 1. The van der Waals surface area contributed by atoms with Crippen LogP contribution in [0.4, 0.5) is 0 Å². The largest absolute Gasteiger partial charge is 0.493 e. The number of carbonyl (C=O) groups excluding carboxylic acids is 1. The van der Waals surface area contributed by atoms with Gasteiger partial charge in [-0.2, -0.15) is 0 Å². The van der Waals surface area contributed by atoms with Crippen molar-refractivity contribution in [1.82, 2.24) is 10.6 Å². The number of hydrogen-bond acceptors (Lipinski definition) is 4. The normalized spacial score (nSPS) is 12.6. The fraction of sp³-hybridized carbons (Fsp3) is 0.278. The van der Waals surface area contributed by atoms with Crippen LogP contribution in [-0.4, -0.2) is 20.1 Å². The number of fused-ring (bicyclic) bond motifs is 1. The summed E-state index contributed by atoms with van der Waals surface area (Å²) >= 11 is 0. The van der Waals surface area contributed by atoms with Crippen molar-refractivity contribution in [3.63, 3.8) is 0 Å². The molecule has 120 valence electrons. The Morgan fingerprint density at radius 2 is 1.83 bits per heavy atom. The third-order valence-electron chi connectivity index (χ3n) is 4.00. The topological polar surface area (TPSA) is 59.6 Å². The molecule has 5 heteroatoms. The summed E-state index contributed by atoms with van der Waals surface area (Å²) in [6.45, 7) is 2.32. The molecule has 1 heterocycles. The van der Waals surface area contributed by atoms with Gasteiger partial charge in [-0.05, 0) is 34.9 Å². The Morgan fingerprint density at radius 3 is 2.61 bits per heavy atom. The summed E-state index contributed by atoms with van der Waals surface area (Å²) in [5, 5.41) is 6.26. The molecule has 0 fully saturated rings. The predicted molar refractivity (Wildman–Crippen MR) is 87.7 cm³/mol. The number of nitrogens with one attached hydrogen (secondary N) is 2. The van der Waals surface area contributed by atoms with Crippen molar-refractivity contribution in [2.24, 2.45) is 0 Å². The Hall–Kier alpha value is -2.53. The maximum Gasteiger partial charge on any atom is 0.251 e. The first-order chi connectivity index (χ1) is 11.2. The minimum absolute atomic E-state index is 0.135. The molecule has 0 saturated carbocycles. The zero-order valence-electron chi connectivity index (χ0n) is 13.3. The van der Waals surface area contributed by atoms with E-state index in [4.69, 9.17) is 9.47 Å². The number of ether oxygens (including phenoxy) is 2. The molecule has 0 aromatic heterocycles. The number of benzene rings is 2. The van der Waals surface area contributed by atoms with E-state index in [2.05, 4.69) is 28.8 Å². The molecule has 2 aromatic carbocycles. The van der Waals surface area contributed by atoms with Crippen LogP contribution in [0.5, 0.6) is 11.5 Å². The van der Waals surface area contributed by atoms with Crippen LogP contribution in [0.15, 0.2) is 36.4 Å². The first kappa shape index (κ1) is 15.4. The lowest BCUT2D eigenvalue weighted by atomic mass is 10.1. The Morgan fingerprint density at radius 1 is 1.04 bits per heavy atom. The van der Waals surface area contributed by atoms with Crippen LogP contribution in [0.25, 0.3) is 0 Å². The van der Waals surface area contributed by atoms with Gasteiger partial charge in [-0.3, -0.25) is 4.79 Å². The molecule has 0 spiro atoms. The zero-order valence-corrected chi connectivity index (χ0v) is 13.3. The SMILES string of the molecule is COc1ccc(C(=O)NCc2ccc3c(c2)CNC3)cc1OC. The van der Waals surface area contributed by atoms with Crippen molar-refractivity contribution in [1.29, 1.82) is 0 Å². The minimum atomic E-state index is -0.135. The molecule has 0 unspecified atom stereocenters. The van der Waals surface area contributed by atoms with Crippen LogP contribution >= 0.6 is 0 Å². The molecule has 2 N–H and O–H groups in total. The molecule has 1 amide bonds. The number of rotatable bonds is 5. The average molecular weight is 312 g/mol. The Labute approximate surface area is 135 Å². The maximum atomic E-state index is 12.3. The van der Waals surface area contributed by atoms with Gasteiger partial charge in [-0.15, -0.1) is 0 Å². The van der Waals surface area contributed by atoms with Gasteiger partial charge in [0.05, 0.1) is 14.2 Å². The van der Waals surface area contributed by atoms with E-state index < -0.39 is 0 Å². The van der Waals surface area contributed by atoms with E-state index >= 15 is 0 Å². The van der Waals surface area contributed by atoms with E-state index in [1.807, 2.05) is 0 Å². The van der Waals surface area contributed by atoms with E-state index in [-0.39, 0.29) is 5.91 Å². The molecule has 1 aliphatic rings. The smallest absolute Gasteiger partial charge is 0.251 e. The second kappa shape index (κ2) is 6.71. The molecule has 3 rings (SSSR count). The van der Waals surface area contributed by atoms with E-state index in [1.165, 1.54) is 11.1 Å². The van der Waals surface area contributed by atoms with Gasteiger partial charge >= 0.3 is 0 Å². The lowest BCUT2D eigenvalue weighted by Crippen LogP contribution is -2.22. The van der Waals surface area contributed by atoms with Crippen molar-refractivity contribution in [3.8, 4) is 11.5 Å². The standard InChI is InChI=1S/C18H20N2O3/c1-22-16-6-5-13(8-17(16)23-2)18(21)20-9-12-3-4-14-10-19-11-15(14)7-12/h3-8,19H,9-11H2,1-2H3,(H,20,21). The summed E-state index contributed by atoms with van der Waals surface area (Å²) < 4.78 is 10.4. The quantitative estimate of drug-likeness (QED) is 0.889. The molecule has 0 aliphatic carbocycles. The Bertz CT molecular complexity index is 728. The molecule has 0 atom stereocenters. The van der Waals surface area contributed by atoms with E-state index in [9.17, 15) is 4.79 Å². The molecule has 23 heavy (non-hydrogen) atoms. The lowest BCUT2D eigenvalue weighted by Gasteiger charge is -2.10. The second-order valence-electron chi connectivity index (χ2n) is 5.46. The van der Waals surface area contributed by atoms with E-state index in [0.29, 0.717) is 23.6 Å². The summed E-state index contributed by atoms with van der Waals surface area (Å²) in [5.74, 6) is 1.02. The van der Waals surface area contributed by atoms with Gasteiger partial charge in [0.25, 0.3) is 5.91 Å². The zero-order chi connectivity index (χ0) is 16.2. The molecular weight excluding hydrogens is 292 g/mol. The third kappa shape index (κ3) is 3.29. The summed E-state index contributed by atoms with van der Waals surface area (Å²) in [6.07, 6.45) is 0. The van der Waals surface area contributed by atoms with E-state index in [1.54, 1.807) is 32.4 Å². The van der Waals surface area contributed by atoms with Crippen LogP contribution in [0.1, 0.15) is 27.0 Å². The van der Waals surface area contributed by atoms with Crippen molar-refractivity contribution < 1.29 is 14.3 Å². The molecule has 0 saturated heterocycles. The first-order valence-corrected chi connectivity index (χ1v) is 7.53. The van der Waals surface area contributed by atoms with Crippen LogP contribution in [-0.2, 0) is 19.6 Å². The lowest BCUT2D eigenvalue weighted by molar-refractivity contribution is 0.0950. The highest BCUT2D eigenvalue weighted by molar-refractivity contribution is 5.94. The van der Waals surface area contributed by atoms with Crippen molar-refractivity contribution in [3.05, 3.63) is 58.7 Å². The molecular formula is C18H20N2O3. The van der Waals surface area contributed by atoms with Gasteiger partial charge < -0.3 is 20.1 Å². The molecule has 5 nitrogen and oxygen atoms in total. The van der Waals surface area contributed by atoms with Gasteiger partial charge in [0, 0.05) is 25.2 Å². The highest BCUT2D eigenvalue weighted by Gasteiger charge is 2.12. The molecule has 0 bridgehead atoms. The summed E-state index contributed by atoms with van der Waals surface area (Å²) in [4.78, 5) is 12.3. The fourth-order valence-electron chi connectivity index (χ4n) is 2.72. The average Bonchev–Trinajstić information content (AvgIpc) is 3.06. The molecule has 2 aromatic rings. The summed E-state index contributed by atoms with van der Waals surface area (Å²) in [5.41, 5.74) is 4.29. The highest BCUT2D eigenvalue weighted by Crippen LogP contribution is 2.27. The Balaban J connectivity index is 1.67. The van der Waals surface area contributed by atoms with E-state index in [0.717, 1.165) is 18.7 Å². The number of hydrogen-bond donors (Lipinski definition) is 2. The van der Waals surface area contributed by atoms with Crippen molar-refractivity contribution in [2.45, 2.75) is 19.6 Å². The molecule has 1 aliphatic heterocycles. The summed E-state index contributed by atoms with van der Waals surface area (Å²) in [7, 11) is 3.12. The first-order valence-electron chi connectivity index (χ1n) is 7.53. The predicted octanol–water partition coefficient (Wildman–Crippen LogP) is 2.24. The monoisotopic (exact) mass is 312 g/mol. The number of carbonyl (C=O) groups is 1. The van der Waals surface area contributed by atoms with Crippen LogP contribution in [0.2, 0.25) is 0 Å². The fourth-order valence-corrected chi connectivity index (χ4v) is 2.72.